The second kappa shape index (κ2) is 3.06. The molecule has 0 bridgehead atoms. The molecule has 0 fully saturated rings. The molecule has 0 saturated heterocycles. The zero-order valence-corrected chi connectivity index (χ0v) is 5.83. The van der Waals surface area contributed by atoms with E-state index in [9.17, 15) is 13.2 Å². The van der Waals surface area contributed by atoms with Crippen molar-refractivity contribution >= 4 is 15.9 Å². The summed E-state index contributed by atoms with van der Waals surface area (Å²) in [6.07, 6.45) is -5.34. The van der Waals surface area contributed by atoms with Gasteiger partial charge in [-0.15, -0.1) is 0 Å². The molecule has 0 saturated carbocycles. The van der Waals surface area contributed by atoms with Crippen molar-refractivity contribution in [3.63, 3.8) is 0 Å². The van der Waals surface area contributed by atoms with Gasteiger partial charge in [0.2, 0.25) is 0 Å². The fourth-order valence-electron chi connectivity index (χ4n) is 0.249. The minimum absolute atomic E-state index is 1.09. The van der Waals surface area contributed by atoms with Crippen molar-refractivity contribution in [2.75, 3.05) is 0 Å². The third kappa shape index (κ3) is 5.63. The van der Waals surface area contributed by atoms with E-state index in [1.54, 1.807) is 0 Å². The molecule has 0 heterocycles. The highest BCUT2D eigenvalue weighted by Crippen LogP contribution is 2.24. The Balaban J connectivity index is 3.63. The summed E-state index contributed by atoms with van der Waals surface area (Å²) in [5.74, 6) is 0. The maximum Gasteiger partial charge on any atom is 0.391 e. The summed E-state index contributed by atoms with van der Waals surface area (Å²) in [6, 6.07) is 1.42. The number of nitrogens with zero attached hydrogens (tertiary/aromatic N) is 1. The van der Waals surface area contributed by atoms with Gasteiger partial charge < -0.3 is 0 Å². The molecule has 0 aliphatic carbocycles. The minimum atomic E-state index is -4.25. The van der Waals surface area contributed by atoms with E-state index >= 15 is 0 Å². The Hall–Kier alpha value is -0.240. The highest BCUT2D eigenvalue weighted by molar-refractivity contribution is 9.09. The van der Waals surface area contributed by atoms with Crippen LogP contribution in [0, 0.1) is 11.3 Å². The third-order valence-corrected chi connectivity index (χ3v) is 1.08. The first-order valence-corrected chi connectivity index (χ1v) is 2.97. The molecule has 0 rings (SSSR count). The van der Waals surface area contributed by atoms with Crippen molar-refractivity contribution in [2.24, 2.45) is 0 Å². The molecule has 0 aliphatic heterocycles. The topological polar surface area (TPSA) is 23.8 Å². The van der Waals surface area contributed by atoms with E-state index in [4.69, 9.17) is 5.26 Å². The van der Waals surface area contributed by atoms with Crippen LogP contribution in [0.3, 0.4) is 0 Å². The standard InChI is InChI=1S/C4H3BrF3N/c5-3(2-9)1-4(6,7)8/h3H,1H2. The molecule has 0 radical (unpaired) electrons. The molecule has 52 valence electrons. The lowest BCUT2D eigenvalue weighted by atomic mass is 10.3. The second-order valence-corrected chi connectivity index (χ2v) is 2.52. The molecule has 0 aliphatic rings. The molecule has 0 amide bonds. The molecule has 1 atom stereocenters. The monoisotopic (exact) mass is 201 g/mol. The van der Waals surface area contributed by atoms with Gasteiger partial charge in [0.25, 0.3) is 0 Å². The summed E-state index contributed by atoms with van der Waals surface area (Å²) in [6.45, 7) is 0. The average molecular weight is 202 g/mol. The number of rotatable bonds is 1. The zero-order chi connectivity index (χ0) is 7.49. The molecule has 1 unspecified atom stereocenters. The van der Waals surface area contributed by atoms with Crippen molar-refractivity contribution in [2.45, 2.75) is 17.4 Å². The number of nitriles is 1. The fraction of sp³-hybridized carbons (Fsp3) is 0.750. The predicted octanol–water partition coefficient (Wildman–Crippen LogP) is 2.23. The van der Waals surface area contributed by atoms with Gasteiger partial charge in [-0.2, -0.15) is 18.4 Å². The summed E-state index contributed by atoms with van der Waals surface area (Å²) < 4.78 is 33.9. The van der Waals surface area contributed by atoms with Gasteiger partial charge in [-0.3, -0.25) is 0 Å². The molecule has 0 N–H and O–H groups in total. The van der Waals surface area contributed by atoms with Gasteiger partial charge in [-0.25, -0.2) is 0 Å². The fourth-order valence-corrected chi connectivity index (χ4v) is 0.616. The van der Waals surface area contributed by atoms with E-state index in [1.807, 2.05) is 0 Å². The van der Waals surface area contributed by atoms with Crippen LogP contribution in [0.25, 0.3) is 0 Å². The molecular weight excluding hydrogens is 199 g/mol. The largest absolute Gasteiger partial charge is 0.391 e. The first kappa shape index (κ1) is 8.76. The Morgan fingerprint density at radius 2 is 2.00 bits per heavy atom. The predicted molar refractivity (Wildman–Crippen MR) is 29.0 cm³/mol. The van der Waals surface area contributed by atoms with Crippen LogP contribution in [0.4, 0.5) is 13.2 Å². The number of hydrogen-bond acceptors (Lipinski definition) is 1. The Labute approximate surface area is 58.6 Å². The van der Waals surface area contributed by atoms with Gasteiger partial charge in [0.05, 0.1) is 12.5 Å². The Bertz CT molecular complexity index is 125. The third-order valence-electron chi connectivity index (χ3n) is 0.551. The van der Waals surface area contributed by atoms with E-state index in [2.05, 4.69) is 15.9 Å². The van der Waals surface area contributed by atoms with E-state index in [1.165, 1.54) is 6.07 Å². The number of alkyl halides is 4. The first-order chi connectivity index (χ1) is 3.95. The van der Waals surface area contributed by atoms with Crippen LogP contribution < -0.4 is 0 Å². The quantitative estimate of drug-likeness (QED) is 0.598. The summed E-state index contributed by atoms with van der Waals surface area (Å²) >= 11 is 2.53. The Morgan fingerprint density at radius 1 is 1.56 bits per heavy atom. The summed E-state index contributed by atoms with van der Waals surface area (Å²) in [4.78, 5) is -1.11. The highest BCUT2D eigenvalue weighted by Gasteiger charge is 2.30. The zero-order valence-electron chi connectivity index (χ0n) is 4.24. The van der Waals surface area contributed by atoms with E-state index < -0.39 is 17.4 Å². The highest BCUT2D eigenvalue weighted by atomic mass is 79.9. The van der Waals surface area contributed by atoms with Crippen molar-refractivity contribution in [3.05, 3.63) is 0 Å². The molecule has 5 heteroatoms. The normalized spacial score (nSPS) is 14.6. The van der Waals surface area contributed by atoms with Gasteiger partial charge in [-0.05, 0) is 0 Å². The second-order valence-electron chi connectivity index (χ2n) is 1.42. The van der Waals surface area contributed by atoms with Crippen LogP contribution in [0.2, 0.25) is 0 Å². The van der Waals surface area contributed by atoms with Crippen molar-refractivity contribution in [1.82, 2.24) is 0 Å². The van der Waals surface area contributed by atoms with Crippen molar-refractivity contribution in [1.29, 1.82) is 5.26 Å². The van der Waals surface area contributed by atoms with Gasteiger partial charge in [-0.1, -0.05) is 15.9 Å². The van der Waals surface area contributed by atoms with Crippen LogP contribution in [0.15, 0.2) is 0 Å². The van der Waals surface area contributed by atoms with Crippen LogP contribution >= 0.6 is 15.9 Å². The van der Waals surface area contributed by atoms with Crippen LogP contribution in [-0.4, -0.2) is 11.0 Å². The first-order valence-electron chi connectivity index (χ1n) is 2.06. The van der Waals surface area contributed by atoms with Gasteiger partial charge in [0.1, 0.15) is 4.83 Å². The Morgan fingerprint density at radius 3 is 2.11 bits per heavy atom. The number of hydrogen-bond donors (Lipinski definition) is 0. The molecule has 9 heavy (non-hydrogen) atoms. The van der Waals surface area contributed by atoms with Gasteiger partial charge >= 0.3 is 6.18 Å². The van der Waals surface area contributed by atoms with Crippen LogP contribution in [0.1, 0.15) is 6.42 Å². The lowest BCUT2D eigenvalue weighted by molar-refractivity contribution is -0.131. The maximum absolute atomic E-state index is 11.3. The van der Waals surface area contributed by atoms with Crippen molar-refractivity contribution < 1.29 is 13.2 Å². The van der Waals surface area contributed by atoms with Crippen LogP contribution in [-0.2, 0) is 0 Å². The smallest absolute Gasteiger partial charge is 0.197 e. The lowest BCUT2D eigenvalue weighted by Gasteiger charge is -2.04. The molecule has 0 spiro atoms. The minimum Gasteiger partial charge on any atom is -0.197 e. The Kier molecular flexibility index (Phi) is 2.98. The molecule has 0 aromatic carbocycles. The molecule has 0 aromatic heterocycles. The molecule has 0 aromatic rings. The lowest BCUT2D eigenvalue weighted by Crippen LogP contribution is -2.13. The van der Waals surface area contributed by atoms with E-state index in [0.29, 0.717) is 0 Å². The van der Waals surface area contributed by atoms with E-state index in [0.717, 1.165) is 0 Å². The SMILES string of the molecule is N#CC(Br)CC(F)(F)F. The van der Waals surface area contributed by atoms with Crippen LogP contribution in [0.5, 0.6) is 0 Å². The summed E-state index contributed by atoms with van der Waals surface area (Å²) in [5.41, 5.74) is 0. The van der Waals surface area contributed by atoms with E-state index in [-0.39, 0.29) is 0 Å². The maximum atomic E-state index is 11.3. The molecular formula is C4H3BrF3N. The molecule has 1 nitrogen and oxygen atoms in total. The summed E-state index contributed by atoms with van der Waals surface area (Å²) in [7, 11) is 0. The van der Waals surface area contributed by atoms with Crippen molar-refractivity contribution in [3.8, 4) is 6.07 Å². The summed E-state index contributed by atoms with van der Waals surface area (Å²) in [5, 5.41) is 7.90. The number of halogens is 4. The van der Waals surface area contributed by atoms with Gasteiger partial charge in [0.15, 0.2) is 0 Å². The van der Waals surface area contributed by atoms with Gasteiger partial charge in [0, 0.05) is 0 Å². The average Bonchev–Trinajstić information content (AvgIpc) is 1.62.